The molecule has 20 heavy (non-hydrogen) atoms. The monoisotopic (exact) mass is 333 g/mol. The molecule has 0 aliphatic heterocycles. The second-order valence-electron chi connectivity index (χ2n) is 4.23. The molecule has 4 heteroatoms. The van der Waals surface area contributed by atoms with E-state index in [0.29, 0.717) is 18.8 Å². The standard InChI is InChI=1S/C16H16BrNO2/c1-2-20-11-12-7-3-6-10-15(12)18-16(19)13-8-4-5-9-14(13)17/h3-10H,2,11H2,1H3,(H,18,19). The van der Waals surface area contributed by atoms with Crippen molar-refractivity contribution < 1.29 is 9.53 Å². The molecule has 0 fully saturated rings. The Morgan fingerprint density at radius 2 is 1.85 bits per heavy atom. The minimum absolute atomic E-state index is 0.138. The molecule has 1 N–H and O–H groups in total. The van der Waals surface area contributed by atoms with Crippen LogP contribution in [0.1, 0.15) is 22.8 Å². The van der Waals surface area contributed by atoms with Crippen LogP contribution in [0.5, 0.6) is 0 Å². The Hall–Kier alpha value is -1.65. The summed E-state index contributed by atoms with van der Waals surface area (Å²) in [5.41, 5.74) is 2.36. The minimum atomic E-state index is -0.138. The number of anilines is 1. The van der Waals surface area contributed by atoms with Gasteiger partial charge in [0.15, 0.2) is 0 Å². The van der Waals surface area contributed by atoms with Crippen molar-refractivity contribution in [3.05, 3.63) is 64.1 Å². The van der Waals surface area contributed by atoms with E-state index in [0.717, 1.165) is 15.7 Å². The van der Waals surface area contributed by atoms with Gasteiger partial charge in [-0.25, -0.2) is 0 Å². The number of carbonyl (C=O) groups excluding carboxylic acids is 1. The summed E-state index contributed by atoms with van der Waals surface area (Å²) in [5, 5.41) is 2.93. The van der Waals surface area contributed by atoms with E-state index in [2.05, 4.69) is 21.2 Å². The summed E-state index contributed by atoms with van der Waals surface area (Å²) in [6, 6.07) is 15.0. The third-order valence-electron chi connectivity index (χ3n) is 2.85. The lowest BCUT2D eigenvalue weighted by molar-refractivity contribution is 0.102. The van der Waals surface area contributed by atoms with E-state index in [1.54, 1.807) is 6.07 Å². The van der Waals surface area contributed by atoms with Crippen LogP contribution < -0.4 is 5.32 Å². The average Bonchev–Trinajstić information content (AvgIpc) is 2.46. The molecule has 0 aromatic heterocycles. The molecule has 0 atom stereocenters. The summed E-state index contributed by atoms with van der Waals surface area (Å²) in [6.45, 7) is 3.08. The third kappa shape index (κ3) is 3.68. The van der Waals surface area contributed by atoms with E-state index in [1.165, 1.54) is 0 Å². The zero-order valence-corrected chi connectivity index (χ0v) is 12.8. The molecule has 0 heterocycles. The Balaban J connectivity index is 2.18. The van der Waals surface area contributed by atoms with E-state index < -0.39 is 0 Å². The number of carbonyl (C=O) groups is 1. The smallest absolute Gasteiger partial charge is 0.256 e. The fraction of sp³-hybridized carbons (Fsp3) is 0.188. The highest BCUT2D eigenvalue weighted by Crippen LogP contribution is 2.20. The Kier molecular flexibility index (Phi) is 5.32. The van der Waals surface area contributed by atoms with Gasteiger partial charge < -0.3 is 10.1 Å². The van der Waals surface area contributed by atoms with Gasteiger partial charge >= 0.3 is 0 Å². The SMILES string of the molecule is CCOCc1ccccc1NC(=O)c1ccccc1Br. The molecule has 0 spiro atoms. The van der Waals surface area contributed by atoms with Crippen molar-refractivity contribution in [3.63, 3.8) is 0 Å². The summed E-state index contributed by atoms with van der Waals surface area (Å²) in [6.07, 6.45) is 0. The summed E-state index contributed by atoms with van der Waals surface area (Å²) in [7, 11) is 0. The maximum absolute atomic E-state index is 12.3. The Morgan fingerprint density at radius 1 is 1.15 bits per heavy atom. The van der Waals surface area contributed by atoms with Crippen LogP contribution in [0, 0.1) is 0 Å². The van der Waals surface area contributed by atoms with Crippen LogP contribution >= 0.6 is 15.9 Å². The summed E-state index contributed by atoms with van der Waals surface area (Å²) in [4.78, 5) is 12.3. The van der Waals surface area contributed by atoms with Gasteiger partial charge in [-0.15, -0.1) is 0 Å². The fourth-order valence-corrected chi connectivity index (χ4v) is 2.28. The van der Waals surface area contributed by atoms with Crippen LogP contribution in [0.15, 0.2) is 53.0 Å². The van der Waals surface area contributed by atoms with Gasteiger partial charge in [-0.1, -0.05) is 30.3 Å². The lowest BCUT2D eigenvalue weighted by Gasteiger charge is -2.11. The van der Waals surface area contributed by atoms with Gasteiger partial charge in [-0.2, -0.15) is 0 Å². The van der Waals surface area contributed by atoms with Gasteiger partial charge in [0.05, 0.1) is 12.2 Å². The lowest BCUT2D eigenvalue weighted by Crippen LogP contribution is -2.14. The van der Waals surface area contributed by atoms with Crippen LogP contribution in [-0.2, 0) is 11.3 Å². The van der Waals surface area contributed by atoms with Crippen LogP contribution in [0.3, 0.4) is 0 Å². The van der Waals surface area contributed by atoms with Crippen molar-refractivity contribution in [2.75, 3.05) is 11.9 Å². The van der Waals surface area contributed by atoms with E-state index in [1.807, 2.05) is 49.4 Å². The highest BCUT2D eigenvalue weighted by atomic mass is 79.9. The Labute approximate surface area is 127 Å². The molecular formula is C16H16BrNO2. The second kappa shape index (κ2) is 7.22. The zero-order chi connectivity index (χ0) is 14.4. The lowest BCUT2D eigenvalue weighted by atomic mass is 10.1. The van der Waals surface area contributed by atoms with E-state index in [4.69, 9.17) is 4.74 Å². The predicted octanol–water partition coefficient (Wildman–Crippen LogP) is 4.24. The first-order valence-electron chi connectivity index (χ1n) is 6.44. The molecule has 3 nitrogen and oxygen atoms in total. The quantitative estimate of drug-likeness (QED) is 0.888. The van der Waals surface area contributed by atoms with Crippen LogP contribution in [0.2, 0.25) is 0 Å². The molecule has 0 saturated heterocycles. The molecule has 2 aromatic carbocycles. The molecule has 104 valence electrons. The second-order valence-corrected chi connectivity index (χ2v) is 5.08. The first-order valence-corrected chi connectivity index (χ1v) is 7.23. The number of ether oxygens (including phenoxy) is 1. The number of amides is 1. The van der Waals surface area contributed by atoms with E-state index in [9.17, 15) is 4.79 Å². The van der Waals surface area contributed by atoms with Crippen molar-refractivity contribution in [2.24, 2.45) is 0 Å². The van der Waals surface area contributed by atoms with Gasteiger partial charge in [0.2, 0.25) is 0 Å². The molecule has 0 unspecified atom stereocenters. The van der Waals surface area contributed by atoms with Gasteiger partial charge in [0, 0.05) is 22.3 Å². The van der Waals surface area contributed by atoms with E-state index in [-0.39, 0.29) is 5.91 Å². The zero-order valence-electron chi connectivity index (χ0n) is 11.2. The summed E-state index contributed by atoms with van der Waals surface area (Å²) >= 11 is 3.39. The van der Waals surface area contributed by atoms with Crippen molar-refractivity contribution in [1.29, 1.82) is 0 Å². The highest BCUT2D eigenvalue weighted by Gasteiger charge is 2.11. The molecule has 2 rings (SSSR count). The van der Waals surface area contributed by atoms with Crippen LogP contribution in [0.25, 0.3) is 0 Å². The summed E-state index contributed by atoms with van der Waals surface area (Å²) < 4.78 is 6.19. The third-order valence-corrected chi connectivity index (χ3v) is 3.54. The minimum Gasteiger partial charge on any atom is -0.377 e. The average molecular weight is 334 g/mol. The van der Waals surface area contributed by atoms with Gasteiger partial charge in [0.1, 0.15) is 0 Å². The first-order chi connectivity index (χ1) is 9.72. The number of nitrogens with one attached hydrogen (secondary N) is 1. The molecule has 2 aromatic rings. The highest BCUT2D eigenvalue weighted by molar-refractivity contribution is 9.10. The maximum Gasteiger partial charge on any atom is 0.256 e. The Morgan fingerprint density at radius 3 is 2.60 bits per heavy atom. The van der Waals surface area contributed by atoms with Crippen LogP contribution in [0.4, 0.5) is 5.69 Å². The molecule has 0 bridgehead atoms. The van der Waals surface area contributed by atoms with Gasteiger partial charge in [-0.3, -0.25) is 4.79 Å². The van der Waals surface area contributed by atoms with Crippen molar-refractivity contribution >= 4 is 27.5 Å². The molecule has 1 amide bonds. The number of hydrogen-bond acceptors (Lipinski definition) is 2. The number of para-hydroxylation sites is 1. The van der Waals surface area contributed by atoms with Crippen molar-refractivity contribution in [1.82, 2.24) is 0 Å². The van der Waals surface area contributed by atoms with Crippen molar-refractivity contribution in [2.45, 2.75) is 13.5 Å². The van der Waals surface area contributed by atoms with Crippen molar-refractivity contribution in [3.8, 4) is 0 Å². The molecular weight excluding hydrogens is 318 g/mol. The fourth-order valence-electron chi connectivity index (χ4n) is 1.82. The number of benzene rings is 2. The Bertz CT molecular complexity index is 599. The number of hydrogen-bond donors (Lipinski definition) is 1. The molecule has 0 aliphatic carbocycles. The maximum atomic E-state index is 12.3. The first kappa shape index (κ1) is 14.8. The molecule has 0 saturated carbocycles. The molecule has 0 aliphatic rings. The van der Waals surface area contributed by atoms with E-state index >= 15 is 0 Å². The van der Waals surface area contributed by atoms with Gasteiger partial charge in [0.25, 0.3) is 5.91 Å². The van der Waals surface area contributed by atoms with Gasteiger partial charge in [-0.05, 0) is 41.1 Å². The normalized spacial score (nSPS) is 10.3. The topological polar surface area (TPSA) is 38.3 Å². The molecule has 0 radical (unpaired) electrons. The number of halogens is 1. The largest absolute Gasteiger partial charge is 0.377 e. The predicted molar refractivity (Wildman–Crippen MR) is 83.9 cm³/mol. The number of rotatable bonds is 5. The summed E-state index contributed by atoms with van der Waals surface area (Å²) in [5.74, 6) is -0.138. The van der Waals surface area contributed by atoms with Crippen LogP contribution in [-0.4, -0.2) is 12.5 Å².